The normalized spacial score (nSPS) is 17.0. The summed E-state index contributed by atoms with van der Waals surface area (Å²) in [6, 6.07) is 3.86. The van der Waals surface area contributed by atoms with Crippen molar-refractivity contribution < 1.29 is 32.6 Å². The van der Waals surface area contributed by atoms with Crippen molar-refractivity contribution in [2.24, 2.45) is 5.92 Å². The summed E-state index contributed by atoms with van der Waals surface area (Å²) in [5.74, 6) is -0.604. The largest absolute Gasteiger partial charge is 0.495 e. The van der Waals surface area contributed by atoms with Crippen molar-refractivity contribution in [1.82, 2.24) is 9.88 Å². The summed E-state index contributed by atoms with van der Waals surface area (Å²) in [5, 5.41) is 11.0. The van der Waals surface area contributed by atoms with Crippen LogP contribution in [0, 0.1) is 5.92 Å². The quantitative estimate of drug-likeness (QED) is 0.517. The van der Waals surface area contributed by atoms with Gasteiger partial charge in [0, 0.05) is 31.6 Å². The maximum absolute atomic E-state index is 12.9. The van der Waals surface area contributed by atoms with Crippen molar-refractivity contribution in [2.75, 3.05) is 49.5 Å². The predicted molar refractivity (Wildman–Crippen MR) is 135 cm³/mol. The second kappa shape index (κ2) is 11.3. The number of carbonyl (C=O) groups is 2. The van der Waals surface area contributed by atoms with Crippen LogP contribution in [-0.4, -0.2) is 75.4 Å². The molecule has 36 heavy (non-hydrogen) atoms. The number of anilines is 2. The zero-order valence-corrected chi connectivity index (χ0v) is 21.6. The van der Waals surface area contributed by atoms with Gasteiger partial charge in [0.1, 0.15) is 5.75 Å². The highest BCUT2D eigenvalue weighted by Gasteiger charge is 2.27. The highest BCUT2D eigenvalue weighted by atomic mass is 32.2. The van der Waals surface area contributed by atoms with Crippen molar-refractivity contribution in [3.63, 3.8) is 0 Å². The molecule has 1 aromatic carbocycles. The molecule has 2 N–H and O–H groups in total. The molecule has 2 heterocycles. The number of nitrogens with one attached hydrogen (secondary N) is 1. The fraction of sp³-hybridized carbons (Fsp3) is 0.522. The van der Waals surface area contributed by atoms with Crippen molar-refractivity contribution in [1.29, 1.82) is 0 Å². The number of carboxylic acid groups (broad SMARTS) is 1. The summed E-state index contributed by atoms with van der Waals surface area (Å²) in [6.07, 6.45) is 5.60. The third kappa shape index (κ3) is 6.19. The molecule has 1 saturated carbocycles. The van der Waals surface area contributed by atoms with Crippen LogP contribution < -0.4 is 14.4 Å². The maximum atomic E-state index is 12.9. The molecule has 0 radical (unpaired) electrons. The molecule has 1 aliphatic heterocycles. The number of thiazole rings is 1. The Morgan fingerprint density at radius 3 is 2.56 bits per heavy atom. The number of nitrogens with zero attached hydrogens (tertiary/aromatic N) is 3. The van der Waals surface area contributed by atoms with Crippen LogP contribution in [0.4, 0.5) is 15.6 Å². The van der Waals surface area contributed by atoms with E-state index in [1.807, 2.05) is 4.90 Å². The number of aromatic carboxylic acids is 1. The summed E-state index contributed by atoms with van der Waals surface area (Å²) in [6.45, 7) is 2.45. The first-order valence-corrected chi connectivity index (χ1v) is 14.2. The highest BCUT2D eigenvalue weighted by Crippen LogP contribution is 2.30. The fourth-order valence-electron chi connectivity index (χ4n) is 4.34. The highest BCUT2D eigenvalue weighted by molar-refractivity contribution is 7.92. The van der Waals surface area contributed by atoms with E-state index in [2.05, 4.69) is 9.71 Å². The lowest BCUT2D eigenvalue weighted by Gasteiger charge is -2.34. The van der Waals surface area contributed by atoms with Crippen LogP contribution in [-0.2, 0) is 14.8 Å². The number of piperazine rings is 1. The van der Waals surface area contributed by atoms with Gasteiger partial charge in [0.2, 0.25) is 0 Å². The molecule has 11 nitrogen and oxygen atoms in total. The molecule has 0 bridgehead atoms. The lowest BCUT2D eigenvalue weighted by Crippen LogP contribution is -2.49. The van der Waals surface area contributed by atoms with Gasteiger partial charge in [-0.1, -0.05) is 19.3 Å². The fourth-order valence-corrected chi connectivity index (χ4v) is 6.56. The van der Waals surface area contributed by atoms with Crippen molar-refractivity contribution in [3.05, 3.63) is 29.1 Å². The van der Waals surface area contributed by atoms with Crippen LogP contribution in [0.15, 0.2) is 28.6 Å². The third-order valence-corrected chi connectivity index (χ3v) is 8.71. The number of rotatable bonds is 8. The number of amides is 1. The Labute approximate surface area is 214 Å². The second-order valence-corrected chi connectivity index (χ2v) is 11.3. The molecule has 2 aromatic rings. The third-order valence-electron chi connectivity index (χ3n) is 6.41. The second-order valence-electron chi connectivity index (χ2n) is 8.85. The molecule has 4 rings (SSSR count). The molecule has 0 atom stereocenters. The number of benzene rings is 1. The number of carboxylic acids is 1. The van der Waals surface area contributed by atoms with Gasteiger partial charge in [0.05, 0.1) is 25.0 Å². The smallest absolute Gasteiger partial charge is 0.409 e. The minimum absolute atomic E-state index is 0.0252. The van der Waals surface area contributed by atoms with E-state index in [4.69, 9.17) is 14.6 Å². The van der Waals surface area contributed by atoms with Gasteiger partial charge in [-0.05, 0) is 37.0 Å². The van der Waals surface area contributed by atoms with Crippen molar-refractivity contribution >= 4 is 44.2 Å². The minimum atomic E-state index is -4.03. The van der Waals surface area contributed by atoms with Crippen molar-refractivity contribution in [3.8, 4) is 5.75 Å². The minimum Gasteiger partial charge on any atom is -0.495 e. The van der Waals surface area contributed by atoms with E-state index >= 15 is 0 Å². The number of sulfonamides is 1. The Balaban J connectivity index is 1.33. The van der Waals surface area contributed by atoms with Crippen LogP contribution in [0.5, 0.6) is 5.75 Å². The summed E-state index contributed by atoms with van der Waals surface area (Å²) < 4.78 is 38.9. The number of ether oxygens (including phenoxy) is 2. The summed E-state index contributed by atoms with van der Waals surface area (Å²) in [5.41, 5.74) is 0.0835. The van der Waals surface area contributed by atoms with Crippen LogP contribution in [0.1, 0.15) is 42.5 Å². The van der Waals surface area contributed by atoms with E-state index in [1.54, 1.807) is 4.90 Å². The summed E-state index contributed by atoms with van der Waals surface area (Å²) >= 11 is 1.20. The van der Waals surface area contributed by atoms with E-state index < -0.39 is 16.0 Å². The number of aromatic nitrogens is 1. The van der Waals surface area contributed by atoms with Gasteiger partial charge < -0.3 is 24.4 Å². The Hall–Kier alpha value is -3.06. The monoisotopic (exact) mass is 538 g/mol. The first-order chi connectivity index (χ1) is 17.3. The average molecular weight is 539 g/mol. The first kappa shape index (κ1) is 26.0. The van der Waals surface area contributed by atoms with E-state index in [9.17, 15) is 18.0 Å². The van der Waals surface area contributed by atoms with Gasteiger partial charge in [-0.15, -0.1) is 11.3 Å². The Kier molecular flexibility index (Phi) is 8.19. The zero-order valence-electron chi connectivity index (χ0n) is 20.0. The van der Waals surface area contributed by atoms with Gasteiger partial charge in [0.15, 0.2) is 10.2 Å². The average Bonchev–Trinajstić information content (AvgIpc) is 3.39. The van der Waals surface area contributed by atoms with Gasteiger partial charge >= 0.3 is 12.1 Å². The van der Waals surface area contributed by atoms with Crippen LogP contribution in [0.25, 0.3) is 0 Å². The predicted octanol–water partition coefficient (Wildman–Crippen LogP) is 3.49. The molecule has 1 aromatic heterocycles. The molecule has 13 heteroatoms. The lowest BCUT2D eigenvalue weighted by molar-refractivity contribution is 0.0696. The molecular weight excluding hydrogens is 508 g/mol. The number of carbonyl (C=O) groups excluding carboxylic acids is 1. The first-order valence-electron chi connectivity index (χ1n) is 11.8. The van der Waals surface area contributed by atoms with Crippen LogP contribution >= 0.6 is 11.3 Å². The summed E-state index contributed by atoms with van der Waals surface area (Å²) in [7, 11) is -2.70. The molecule has 1 amide bonds. The molecule has 0 spiro atoms. The standard InChI is InChI=1S/C23H30N4O7S2/c1-33-19-13-17(21(28)29)7-8-18(19)25-36(31,32)20-15-35-22(24-20)26-9-11-27(12-10-26)23(30)34-14-16-5-3-2-4-6-16/h7-8,13,15-16,25H,2-6,9-12,14H2,1H3,(H,28,29). The van der Waals surface area contributed by atoms with Gasteiger partial charge in [-0.3, -0.25) is 4.72 Å². The van der Waals surface area contributed by atoms with Crippen molar-refractivity contribution in [2.45, 2.75) is 37.1 Å². The van der Waals surface area contributed by atoms with E-state index in [0.717, 1.165) is 12.8 Å². The molecule has 196 valence electrons. The van der Waals surface area contributed by atoms with Gasteiger partial charge in [-0.25, -0.2) is 14.6 Å². The van der Waals surface area contributed by atoms with E-state index in [1.165, 1.54) is 61.3 Å². The maximum Gasteiger partial charge on any atom is 0.409 e. The Bertz CT molecular complexity index is 1190. The molecule has 0 unspecified atom stereocenters. The molecule has 1 saturated heterocycles. The summed E-state index contributed by atoms with van der Waals surface area (Å²) in [4.78, 5) is 31.5. The molecule has 2 fully saturated rings. The van der Waals surface area contributed by atoms with Crippen LogP contribution in [0.3, 0.4) is 0 Å². The number of hydrogen-bond donors (Lipinski definition) is 2. The van der Waals surface area contributed by atoms with Gasteiger partial charge in [-0.2, -0.15) is 8.42 Å². The zero-order chi connectivity index (χ0) is 25.7. The number of hydrogen-bond acceptors (Lipinski definition) is 9. The Morgan fingerprint density at radius 2 is 1.89 bits per heavy atom. The molecule has 2 aliphatic rings. The number of methoxy groups -OCH3 is 1. The van der Waals surface area contributed by atoms with E-state index in [0.29, 0.717) is 43.8 Å². The topological polar surface area (TPSA) is 138 Å². The SMILES string of the molecule is COc1cc(C(=O)O)ccc1NS(=O)(=O)c1csc(N2CCN(C(=O)OCC3CCCCC3)CC2)n1. The molecule has 1 aliphatic carbocycles. The Morgan fingerprint density at radius 1 is 1.17 bits per heavy atom. The van der Waals surface area contributed by atoms with Crippen LogP contribution in [0.2, 0.25) is 0 Å². The molecular formula is C23H30N4O7S2. The lowest BCUT2D eigenvalue weighted by atomic mass is 9.90. The van der Waals surface area contributed by atoms with Gasteiger partial charge in [0.25, 0.3) is 10.0 Å². The van der Waals surface area contributed by atoms with E-state index in [-0.39, 0.29) is 28.1 Å².